The summed E-state index contributed by atoms with van der Waals surface area (Å²) in [5, 5.41) is 10.9. The average molecular weight is 422 g/mol. The van der Waals surface area contributed by atoms with Crippen LogP contribution in [-0.4, -0.2) is 68.5 Å². The summed E-state index contributed by atoms with van der Waals surface area (Å²) in [6.07, 6.45) is 1.68. The topological polar surface area (TPSA) is 95.7 Å². The summed E-state index contributed by atoms with van der Waals surface area (Å²) in [7, 11) is 0. The molecule has 0 radical (unpaired) electrons. The fourth-order valence-corrected chi connectivity index (χ4v) is 3.79. The van der Waals surface area contributed by atoms with Crippen molar-refractivity contribution >= 4 is 23.4 Å². The van der Waals surface area contributed by atoms with E-state index in [1.54, 1.807) is 42.4 Å². The minimum absolute atomic E-state index is 0.0762. The van der Waals surface area contributed by atoms with Gasteiger partial charge in [-0.3, -0.25) is 14.0 Å². The van der Waals surface area contributed by atoms with Gasteiger partial charge in [0, 0.05) is 43.5 Å². The summed E-state index contributed by atoms with van der Waals surface area (Å²) in [5.74, 6) is 1.41. The number of benzene rings is 1. The van der Waals surface area contributed by atoms with Gasteiger partial charge in [-0.15, -0.1) is 10.2 Å². The van der Waals surface area contributed by atoms with Crippen molar-refractivity contribution in [1.82, 2.24) is 29.8 Å². The number of hydrogen-bond acceptors (Lipinski definition) is 6. The SMILES string of the molecule is CC(NC(=O)c1ccccc1)C(=O)N1CCN(c2cc(C(C)C)n3cnnc3n2)CC1. The first-order valence-electron chi connectivity index (χ1n) is 10.5. The fourth-order valence-electron chi connectivity index (χ4n) is 3.79. The molecule has 1 aromatic carbocycles. The first-order valence-corrected chi connectivity index (χ1v) is 10.5. The van der Waals surface area contributed by atoms with Gasteiger partial charge in [-0.25, -0.2) is 0 Å². The van der Waals surface area contributed by atoms with Crippen LogP contribution in [0.25, 0.3) is 5.78 Å². The van der Waals surface area contributed by atoms with Crippen molar-refractivity contribution in [3.8, 4) is 0 Å². The smallest absolute Gasteiger partial charge is 0.256 e. The van der Waals surface area contributed by atoms with Crippen LogP contribution in [0.3, 0.4) is 0 Å². The van der Waals surface area contributed by atoms with E-state index in [4.69, 9.17) is 0 Å². The van der Waals surface area contributed by atoms with Gasteiger partial charge < -0.3 is 15.1 Å². The van der Waals surface area contributed by atoms with Crippen LogP contribution in [-0.2, 0) is 4.79 Å². The molecule has 2 amide bonds. The van der Waals surface area contributed by atoms with E-state index in [-0.39, 0.29) is 11.8 Å². The molecule has 1 N–H and O–H groups in total. The molecule has 1 fully saturated rings. The molecule has 4 rings (SSSR count). The van der Waals surface area contributed by atoms with Crippen LogP contribution in [0.15, 0.2) is 42.7 Å². The predicted octanol–water partition coefficient (Wildman–Crippen LogP) is 1.71. The third-order valence-electron chi connectivity index (χ3n) is 5.56. The summed E-state index contributed by atoms with van der Waals surface area (Å²) >= 11 is 0. The minimum Gasteiger partial charge on any atom is -0.353 e. The zero-order valence-electron chi connectivity index (χ0n) is 18.0. The second-order valence-electron chi connectivity index (χ2n) is 8.07. The third-order valence-corrected chi connectivity index (χ3v) is 5.56. The molecule has 3 heterocycles. The number of rotatable bonds is 5. The maximum atomic E-state index is 12.8. The summed E-state index contributed by atoms with van der Waals surface area (Å²) in [4.78, 5) is 33.8. The Hall–Kier alpha value is -3.49. The number of hydrogen-bond donors (Lipinski definition) is 1. The van der Waals surface area contributed by atoms with Crippen molar-refractivity contribution in [1.29, 1.82) is 0 Å². The van der Waals surface area contributed by atoms with Gasteiger partial charge in [0.05, 0.1) is 0 Å². The lowest BCUT2D eigenvalue weighted by molar-refractivity contribution is -0.133. The molecule has 1 saturated heterocycles. The van der Waals surface area contributed by atoms with E-state index in [0.717, 1.165) is 11.5 Å². The molecule has 1 aliphatic heterocycles. The summed E-state index contributed by atoms with van der Waals surface area (Å²) < 4.78 is 1.91. The Morgan fingerprint density at radius 2 is 1.74 bits per heavy atom. The highest BCUT2D eigenvalue weighted by Gasteiger charge is 2.27. The first kappa shape index (κ1) is 20.8. The lowest BCUT2D eigenvalue weighted by Crippen LogP contribution is -2.54. The lowest BCUT2D eigenvalue weighted by Gasteiger charge is -2.36. The van der Waals surface area contributed by atoms with Gasteiger partial charge in [0.2, 0.25) is 5.91 Å². The molecule has 1 unspecified atom stereocenters. The molecule has 0 bridgehead atoms. The van der Waals surface area contributed by atoms with E-state index in [1.165, 1.54) is 0 Å². The molecule has 0 spiro atoms. The largest absolute Gasteiger partial charge is 0.353 e. The summed E-state index contributed by atoms with van der Waals surface area (Å²) in [6, 6.07) is 10.4. The zero-order valence-corrected chi connectivity index (χ0v) is 18.0. The Morgan fingerprint density at radius 3 is 2.42 bits per heavy atom. The first-order chi connectivity index (χ1) is 14.9. The Kier molecular flexibility index (Phi) is 5.83. The molecule has 0 aliphatic carbocycles. The second kappa shape index (κ2) is 8.71. The number of aromatic nitrogens is 4. The van der Waals surface area contributed by atoms with E-state index in [1.807, 2.05) is 10.5 Å². The fraction of sp³-hybridized carbons (Fsp3) is 0.409. The normalized spacial score (nSPS) is 15.4. The van der Waals surface area contributed by atoms with Crippen LogP contribution in [0.5, 0.6) is 0 Å². The molecule has 162 valence electrons. The van der Waals surface area contributed by atoms with Crippen LogP contribution < -0.4 is 10.2 Å². The lowest BCUT2D eigenvalue weighted by atomic mass is 10.1. The summed E-state index contributed by atoms with van der Waals surface area (Å²) in [6.45, 7) is 8.45. The van der Waals surface area contributed by atoms with E-state index < -0.39 is 6.04 Å². The zero-order chi connectivity index (χ0) is 22.0. The molecular weight excluding hydrogens is 394 g/mol. The highest BCUT2D eigenvalue weighted by molar-refractivity contribution is 5.97. The number of nitrogens with one attached hydrogen (secondary N) is 1. The van der Waals surface area contributed by atoms with Gasteiger partial charge in [-0.2, -0.15) is 4.98 Å². The van der Waals surface area contributed by atoms with E-state index in [2.05, 4.69) is 45.3 Å². The van der Waals surface area contributed by atoms with E-state index >= 15 is 0 Å². The maximum absolute atomic E-state index is 12.8. The maximum Gasteiger partial charge on any atom is 0.256 e. The highest BCUT2D eigenvalue weighted by atomic mass is 16.2. The van der Waals surface area contributed by atoms with Gasteiger partial charge in [0.15, 0.2) is 0 Å². The van der Waals surface area contributed by atoms with Crippen molar-refractivity contribution < 1.29 is 9.59 Å². The van der Waals surface area contributed by atoms with Crippen molar-refractivity contribution in [3.63, 3.8) is 0 Å². The van der Waals surface area contributed by atoms with Gasteiger partial charge in [-0.05, 0) is 25.0 Å². The number of piperazine rings is 1. The molecule has 31 heavy (non-hydrogen) atoms. The molecule has 3 aromatic rings. The molecule has 1 atom stereocenters. The molecule has 9 nitrogen and oxygen atoms in total. The number of fused-ring (bicyclic) bond motifs is 1. The van der Waals surface area contributed by atoms with Crippen LogP contribution in [0.2, 0.25) is 0 Å². The average Bonchev–Trinajstić information content (AvgIpc) is 3.27. The van der Waals surface area contributed by atoms with Crippen LogP contribution in [0, 0.1) is 0 Å². The molecule has 9 heteroatoms. The van der Waals surface area contributed by atoms with Crippen molar-refractivity contribution in [2.45, 2.75) is 32.7 Å². The van der Waals surface area contributed by atoms with Crippen LogP contribution in [0.1, 0.15) is 42.7 Å². The Morgan fingerprint density at radius 1 is 1.03 bits per heavy atom. The quantitative estimate of drug-likeness (QED) is 0.674. The Bertz CT molecular complexity index is 1070. The van der Waals surface area contributed by atoms with Crippen molar-refractivity contribution in [2.24, 2.45) is 0 Å². The molecule has 2 aromatic heterocycles. The highest BCUT2D eigenvalue weighted by Crippen LogP contribution is 2.22. The van der Waals surface area contributed by atoms with E-state index in [9.17, 15) is 9.59 Å². The second-order valence-corrected chi connectivity index (χ2v) is 8.07. The van der Waals surface area contributed by atoms with Gasteiger partial charge in [0.25, 0.3) is 11.7 Å². The molecular formula is C22H27N7O2. The number of anilines is 1. The molecule has 1 aliphatic rings. The van der Waals surface area contributed by atoms with Crippen molar-refractivity contribution in [2.75, 3.05) is 31.1 Å². The van der Waals surface area contributed by atoms with Crippen LogP contribution >= 0.6 is 0 Å². The minimum atomic E-state index is -0.586. The van der Waals surface area contributed by atoms with Gasteiger partial charge in [0.1, 0.15) is 18.2 Å². The number of amides is 2. The monoisotopic (exact) mass is 421 g/mol. The number of carbonyl (C=O) groups is 2. The number of nitrogens with zero attached hydrogens (tertiary/aromatic N) is 6. The number of carbonyl (C=O) groups excluding carboxylic acids is 2. The molecule has 0 saturated carbocycles. The van der Waals surface area contributed by atoms with E-state index in [0.29, 0.717) is 43.4 Å². The third kappa shape index (κ3) is 4.35. The summed E-state index contributed by atoms with van der Waals surface area (Å²) in [5.41, 5.74) is 1.64. The van der Waals surface area contributed by atoms with Gasteiger partial charge in [-0.1, -0.05) is 32.0 Å². The Labute approximate surface area is 181 Å². The standard InChI is InChI=1S/C22H27N7O2/c1-15(2)18-13-19(25-22-26-23-14-29(18)22)27-9-11-28(12-10-27)21(31)16(3)24-20(30)17-7-5-4-6-8-17/h4-8,13-16H,9-12H2,1-3H3,(H,24,30). The van der Waals surface area contributed by atoms with Crippen LogP contribution in [0.4, 0.5) is 5.82 Å². The predicted molar refractivity (Wildman–Crippen MR) is 117 cm³/mol. The Balaban J connectivity index is 1.39. The van der Waals surface area contributed by atoms with Crippen molar-refractivity contribution in [3.05, 3.63) is 54.0 Å². The van der Waals surface area contributed by atoms with Gasteiger partial charge >= 0.3 is 0 Å².